The molecule has 0 aliphatic heterocycles. The lowest BCUT2D eigenvalue weighted by molar-refractivity contribution is 0.195. The van der Waals surface area contributed by atoms with E-state index in [9.17, 15) is 0 Å². The number of nitrogens with one attached hydrogen (secondary N) is 3. The lowest BCUT2D eigenvalue weighted by Crippen LogP contribution is -2.35. The van der Waals surface area contributed by atoms with Crippen molar-refractivity contribution in [3.63, 3.8) is 0 Å². The molecule has 15 heavy (non-hydrogen) atoms. The number of thiocarbonyl (C=S) groups is 1. The predicted molar refractivity (Wildman–Crippen MR) is 58.1 cm³/mol. The number of aromatic nitrogens is 4. The highest BCUT2D eigenvalue weighted by Crippen LogP contribution is 1.82. The number of aromatic amines is 1. The van der Waals surface area contributed by atoms with Gasteiger partial charge in [0.15, 0.2) is 10.9 Å². The summed E-state index contributed by atoms with van der Waals surface area (Å²) >= 11 is 5.03. The molecule has 7 nitrogen and oxygen atoms in total. The van der Waals surface area contributed by atoms with Crippen molar-refractivity contribution in [1.29, 1.82) is 0 Å². The van der Waals surface area contributed by atoms with Crippen molar-refractivity contribution in [3.8, 4) is 0 Å². The number of ether oxygens (including phenoxy) is 1. The Morgan fingerprint density at radius 2 is 2.40 bits per heavy atom. The zero-order valence-corrected chi connectivity index (χ0v) is 9.30. The first-order chi connectivity index (χ1) is 7.33. The third-order valence-corrected chi connectivity index (χ3v) is 1.90. The summed E-state index contributed by atoms with van der Waals surface area (Å²) in [5.74, 6) is 0.580. The van der Waals surface area contributed by atoms with Crippen molar-refractivity contribution in [1.82, 2.24) is 31.3 Å². The van der Waals surface area contributed by atoms with Crippen LogP contribution in [-0.4, -0.2) is 46.0 Å². The predicted octanol–water partition coefficient (Wildman–Crippen LogP) is -0.800. The van der Waals surface area contributed by atoms with Gasteiger partial charge in [0.25, 0.3) is 0 Å². The third-order valence-electron chi connectivity index (χ3n) is 1.61. The standard InChI is InChI=1S/C7H14N6OS/c1-14-4-2-3-8-7(15)9-5-6-10-12-13-11-6/h2-5H2,1H3,(H2,8,9,15)(H,10,11,12,13). The first-order valence-electron chi connectivity index (χ1n) is 4.56. The number of nitrogens with zero attached hydrogens (tertiary/aromatic N) is 3. The van der Waals surface area contributed by atoms with Crippen LogP contribution in [0.1, 0.15) is 12.2 Å². The fourth-order valence-electron chi connectivity index (χ4n) is 0.898. The molecule has 0 saturated heterocycles. The summed E-state index contributed by atoms with van der Waals surface area (Å²) in [5.41, 5.74) is 0. The Kier molecular flexibility index (Phi) is 5.56. The minimum absolute atomic E-state index is 0.465. The zero-order chi connectivity index (χ0) is 10.9. The van der Waals surface area contributed by atoms with Crippen molar-refractivity contribution >= 4 is 17.3 Å². The molecule has 84 valence electrons. The van der Waals surface area contributed by atoms with Crippen LogP contribution in [0.4, 0.5) is 0 Å². The van der Waals surface area contributed by atoms with Gasteiger partial charge < -0.3 is 15.4 Å². The summed E-state index contributed by atoms with van der Waals surface area (Å²) in [6.07, 6.45) is 0.917. The Morgan fingerprint density at radius 1 is 1.53 bits per heavy atom. The SMILES string of the molecule is COCCCNC(=S)NCc1nn[nH]n1. The van der Waals surface area contributed by atoms with E-state index in [4.69, 9.17) is 17.0 Å². The Hall–Kier alpha value is -1.28. The van der Waals surface area contributed by atoms with Crippen LogP contribution in [-0.2, 0) is 11.3 Å². The van der Waals surface area contributed by atoms with Gasteiger partial charge in [0, 0.05) is 20.3 Å². The van der Waals surface area contributed by atoms with Crippen LogP contribution in [0, 0.1) is 0 Å². The Bertz CT molecular complexity index is 277. The number of methoxy groups -OCH3 is 1. The Morgan fingerprint density at radius 3 is 3.07 bits per heavy atom. The van der Waals surface area contributed by atoms with E-state index in [0.717, 1.165) is 19.6 Å². The molecule has 3 N–H and O–H groups in total. The minimum atomic E-state index is 0.465. The number of rotatable bonds is 6. The van der Waals surface area contributed by atoms with Crippen LogP contribution < -0.4 is 10.6 Å². The van der Waals surface area contributed by atoms with Gasteiger partial charge in [-0.15, -0.1) is 10.2 Å². The maximum absolute atomic E-state index is 5.03. The molecule has 0 aliphatic rings. The molecule has 0 saturated carbocycles. The van der Waals surface area contributed by atoms with Crippen molar-refractivity contribution in [3.05, 3.63) is 5.82 Å². The summed E-state index contributed by atoms with van der Waals surface area (Å²) in [6, 6.07) is 0. The first kappa shape index (κ1) is 11.8. The van der Waals surface area contributed by atoms with Crippen LogP contribution in [0.5, 0.6) is 0 Å². The highest BCUT2D eigenvalue weighted by molar-refractivity contribution is 7.80. The van der Waals surface area contributed by atoms with E-state index < -0.39 is 0 Å². The number of H-pyrrole nitrogens is 1. The fourth-order valence-corrected chi connectivity index (χ4v) is 1.07. The summed E-state index contributed by atoms with van der Waals surface area (Å²) in [6.45, 7) is 1.97. The van der Waals surface area contributed by atoms with E-state index in [2.05, 4.69) is 31.3 Å². The maximum Gasteiger partial charge on any atom is 0.193 e. The molecular weight excluding hydrogens is 216 g/mol. The van der Waals surface area contributed by atoms with Gasteiger partial charge in [-0.25, -0.2) is 0 Å². The number of hydrogen-bond donors (Lipinski definition) is 3. The quantitative estimate of drug-likeness (QED) is 0.435. The molecule has 0 amide bonds. The van der Waals surface area contributed by atoms with Gasteiger partial charge in [-0.3, -0.25) is 0 Å². The van der Waals surface area contributed by atoms with Crippen LogP contribution in [0.25, 0.3) is 0 Å². The molecule has 0 spiro atoms. The summed E-state index contributed by atoms with van der Waals surface area (Å²) < 4.78 is 4.91. The largest absolute Gasteiger partial charge is 0.385 e. The molecule has 1 aromatic rings. The van der Waals surface area contributed by atoms with Crippen molar-refractivity contribution < 1.29 is 4.74 Å². The van der Waals surface area contributed by atoms with Gasteiger partial charge >= 0.3 is 0 Å². The molecule has 0 bridgehead atoms. The average molecular weight is 230 g/mol. The molecule has 1 aromatic heterocycles. The molecular formula is C7H14N6OS. The second kappa shape index (κ2) is 7.07. The molecule has 1 heterocycles. The van der Waals surface area contributed by atoms with Crippen LogP contribution in [0.2, 0.25) is 0 Å². The monoisotopic (exact) mass is 230 g/mol. The van der Waals surface area contributed by atoms with Crippen LogP contribution in [0.3, 0.4) is 0 Å². The van der Waals surface area contributed by atoms with Gasteiger partial charge in [0.05, 0.1) is 6.54 Å². The van der Waals surface area contributed by atoms with E-state index in [1.807, 2.05) is 0 Å². The van der Waals surface area contributed by atoms with Crippen molar-refractivity contribution in [2.24, 2.45) is 0 Å². The number of hydrogen-bond acceptors (Lipinski definition) is 5. The summed E-state index contributed by atoms with van der Waals surface area (Å²) in [5, 5.41) is 19.9. The van der Waals surface area contributed by atoms with Gasteiger partial charge in [-0.2, -0.15) is 5.21 Å². The topological polar surface area (TPSA) is 87.8 Å². The highest BCUT2D eigenvalue weighted by Gasteiger charge is 1.99. The van der Waals surface area contributed by atoms with Crippen LogP contribution in [0.15, 0.2) is 0 Å². The van der Waals surface area contributed by atoms with E-state index in [1.165, 1.54) is 0 Å². The molecule has 0 aromatic carbocycles. The van der Waals surface area contributed by atoms with Gasteiger partial charge in [-0.1, -0.05) is 5.21 Å². The fraction of sp³-hybridized carbons (Fsp3) is 0.714. The smallest absolute Gasteiger partial charge is 0.193 e. The molecule has 0 aliphatic carbocycles. The van der Waals surface area contributed by atoms with Crippen molar-refractivity contribution in [2.75, 3.05) is 20.3 Å². The molecule has 8 heteroatoms. The molecule has 0 radical (unpaired) electrons. The van der Waals surface area contributed by atoms with E-state index in [1.54, 1.807) is 7.11 Å². The molecule has 1 rings (SSSR count). The molecule has 0 fully saturated rings. The van der Waals surface area contributed by atoms with Crippen LogP contribution >= 0.6 is 12.2 Å². The minimum Gasteiger partial charge on any atom is -0.385 e. The summed E-state index contributed by atoms with van der Waals surface area (Å²) in [7, 11) is 1.67. The van der Waals surface area contributed by atoms with Gasteiger partial charge in [-0.05, 0) is 18.6 Å². The molecule has 0 unspecified atom stereocenters. The lowest BCUT2D eigenvalue weighted by Gasteiger charge is -2.08. The lowest BCUT2D eigenvalue weighted by atomic mass is 10.4. The van der Waals surface area contributed by atoms with E-state index in [0.29, 0.717) is 17.5 Å². The second-order valence-electron chi connectivity index (χ2n) is 2.78. The second-order valence-corrected chi connectivity index (χ2v) is 3.19. The summed E-state index contributed by atoms with van der Waals surface area (Å²) in [4.78, 5) is 0. The zero-order valence-electron chi connectivity index (χ0n) is 8.49. The Balaban J connectivity index is 2.04. The maximum atomic E-state index is 5.03. The van der Waals surface area contributed by atoms with E-state index >= 15 is 0 Å². The average Bonchev–Trinajstić information content (AvgIpc) is 2.74. The van der Waals surface area contributed by atoms with E-state index in [-0.39, 0.29) is 0 Å². The first-order valence-corrected chi connectivity index (χ1v) is 4.96. The third kappa shape index (κ3) is 5.23. The molecule has 0 atom stereocenters. The normalized spacial score (nSPS) is 9.93. The van der Waals surface area contributed by atoms with Gasteiger partial charge in [0.1, 0.15) is 0 Å². The highest BCUT2D eigenvalue weighted by atomic mass is 32.1. The van der Waals surface area contributed by atoms with Gasteiger partial charge in [0.2, 0.25) is 0 Å². The Labute approximate surface area is 93.0 Å². The van der Waals surface area contributed by atoms with Crippen molar-refractivity contribution in [2.45, 2.75) is 13.0 Å². The number of tetrazole rings is 1.